The van der Waals surface area contributed by atoms with Gasteiger partial charge in [0.1, 0.15) is 30.0 Å². The van der Waals surface area contributed by atoms with Crippen LogP contribution in [0.5, 0.6) is 5.75 Å². The Bertz CT molecular complexity index is 1080. The number of fused-ring (bicyclic) bond motifs is 1. The van der Waals surface area contributed by atoms with Gasteiger partial charge in [-0.3, -0.25) is 9.59 Å². The third kappa shape index (κ3) is 5.14. The molecule has 0 aromatic heterocycles. The van der Waals surface area contributed by atoms with Crippen LogP contribution < -0.4 is 15.0 Å². The van der Waals surface area contributed by atoms with E-state index in [1.807, 2.05) is 0 Å². The maximum Gasteiger partial charge on any atom is 0.252 e. The Hall–Kier alpha value is -3.68. The third-order valence-electron chi connectivity index (χ3n) is 5.27. The van der Waals surface area contributed by atoms with Crippen LogP contribution in [0.4, 0.5) is 14.5 Å². The summed E-state index contributed by atoms with van der Waals surface area (Å²) in [4.78, 5) is 28.6. The van der Waals surface area contributed by atoms with E-state index in [9.17, 15) is 18.4 Å². The van der Waals surface area contributed by atoms with E-state index in [0.717, 1.165) is 6.07 Å². The minimum Gasteiger partial charge on any atom is -0.489 e. The topological polar surface area (TPSA) is 61.9 Å². The van der Waals surface area contributed by atoms with E-state index in [-0.39, 0.29) is 24.6 Å². The maximum absolute atomic E-state index is 13.9. The summed E-state index contributed by atoms with van der Waals surface area (Å²) in [5, 5.41) is 2.66. The van der Waals surface area contributed by atoms with Gasteiger partial charge < -0.3 is 19.9 Å². The van der Waals surface area contributed by atoms with Crippen LogP contribution >= 0.6 is 0 Å². The number of benzene rings is 2. The molecule has 1 N–H and O–H groups in total. The number of hydrogen-bond donors (Lipinski definition) is 1. The van der Waals surface area contributed by atoms with Gasteiger partial charge in [0.05, 0.1) is 5.69 Å². The van der Waals surface area contributed by atoms with Gasteiger partial charge in [-0.05, 0) is 31.2 Å². The molecule has 1 aliphatic heterocycles. The van der Waals surface area contributed by atoms with Gasteiger partial charge in [-0.25, -0.2) is 8.78 Å². The van der Waals surface area contributed by atoms with Gasteiger partial charge in [-0.1, -0.05) is 24.8 Å². The molecule has 0 saturated carbocycles. The number of para-hydroxylation sites is 2. The lowest BCUT2D eigenvalue weighted by atomic mass is 10.1. The Labute approximate surface area is 185 Å². The number of likely N-dealkylation sites (N-methyl/N-ethyl adjacent to an activating group) is 1. The normalized spacial score (nSPS) is 16.0. The Balaban J connectivity index is 1.64. The number of amides is 2. The summed E-state index contributed by atoms with van der Waals surface area (Å²) in [6.07, 6.45) is 1.54. The summed E-state index contributed by atoms with van der Waals surface area (Å²) in [6, 6.07) is 9.65. The van der Waals surface area contributed by atoms with Crippen molar-refractivity contribution < 1.29 is 23.1 Å². The van der Waals surface area contributed by atoms with Crippen LogP contribution in [0, 0.1) is 11.6 Å². The van der Waals surface area contributed by atoms with Crippen molar-refractivity contribution in [3.8, 4) is 5.75 Å². The number of nitrogens with one attached hydrogen (secondary N) is 1. The molecule has 1 atom stereocenters. The first-order chi connectivity index (χ1) is 15.2. The van der Waals surface area contributed by atoms with Crippen LogP contribution in [0.3, 0.4) is 0 Å². The van der Waals surface area contributed by atoms with Crippen molar-refractivity contribution in [2.24, 2.45) is 0 Å². The second-order valence-corrected chi connectivity index (χ2v) is 7.60. The molecule has 2 aromatic carbocycles. The minimum atomic E-state index is -0.878. The molecule has 0 spiro atoms. The predicted octanol–water partition coefficient (Wildman–Crippen LogP) is 3.40. The van der Waals surface area contributed by atoms with E-state index < -0.39 is 23.6 Å². The molecule has 2 aromatic rings. The molecule has 2 amide bonds. The molecule has 1 heterocycles. The number of carbonyl (C=O) groups is 2. The standard InChI is InChI=1S/C24H25F2N3O3/c1-15(11-16(2)28(3)13-17-9-10-18(25)12-19(17)26)23(30)27-20-14-32-22-8-6-5-7-21(22)29(4)24(20)31/h5-12,20H,1,13-14H2,2-4H3,(H,27,30)/b16-11-/t20-/m0/s1. The molecule has 6 nitrogen and oxygen atoms in total. The highest BCUT2D eigenvalue weighted by Gasteiger charge is 2.30. The molecule has 1 aliphatic rings. The minimum absolute atomic E-state index is 0.00828. The number of ether oxygens (including phenoxy) is 1. The summed E-state index contributed by atoms with van der Waals surface area (Å²) >= 11 is 0. The van der Waals surface area contributed by atoms with Gasteiger partial charge in [0.15, 0.2) is 0 Å². The first kappa shape index (κ1) is 23.0. The quantitative estimate of drug-likeness (QED) is 0.552. The molecule has 0 unspecified atom stereocenters. The Morgan fingerprint density at radius 1 is 1.31 bits per heavy atom. The van der Waals surface area contributed by atoms with Crippen LogP contribution in [0.2, 0.25) is 0 Å². The largest absolute Gasteiger partial charge is 0.489 e. The van der Waals surface area contributed by atoms with Crippen molar-refractivity contribution in [3.05, 3.63) is 83.6 Å². The van der Waals surface area contributed by atoms with Crippen LogP contribution in [-0.4, -0.2) is 43.5 Å². The average Bonchev–Trinajstić information content (AvgIpc) is 2.87. The van der Waals surface area contributed by atoms with Crippen molar-refractivity contribution in [1.82, 2.24) is 10.2 Å². The molecule has 0 aliphatic carbocycles. The van der Waals surface area contributed by atoms with Crippen LogP contribution in [-0.2, 0) is 16.1 Å². The molecule has 0 bridgehead atoms. The summed E-state index contributed by atoms with van der Waals surface area (Å²) in [5.74, 6) is -1.55. The lowest BCUT2D eigenvalue weighted by Gasteiger charge is -2.22. The number of allylic oxidation sites excluding steroid dienone is 1. The zero-order chi connectivity index (χ0) is 23.4. The van der Waals surface area contributed by atoms with Crippen molar-refractivity contribution in [3.63, 3.8) is 0 Å². The smallest absolute Gasteiger partial charge is 0.252 e. The lowest BCUT2D eigenvalue weighted by molar-refractivity contribution is -0.125. The van der Waals surface area contributed by atoms with Crippen LogP contribution in [0.25, 0.3) is 0 Å². The van der Waals surface area contributed by atoms with Gasteiger partial charge >= 0.3 is 0 Å². The van der Waals surface area contributed by atoms with Crippen molar-refractivity contribution in [2.75, 3.05) is 25.6 Å². The molecule has 8 heteroatoms. The van der Waals surface area contributed by atoms with Crippen LogP contribution in [0.15, 0.2) is 66.4 Å². The monoisotopic (exact) mass is 441 g/mol. The Morgan fingerprint density at radius 2 is 2.03 bits per heavy atom. The van der Waals surface area contributed by atoms with E-state index in [4.69, 9.17) is 4.74 Å². The van der Waals surface area contributed by atoms with Gasteiger partial charge in [-0.15, -0.1) is 0 Å². The number of carbonyl (C=O) groups excluding carboxylic acids is 2. The zero-order valence-electron chi connectivity index (χ0n) is 18.2. The highest BCUT2D eigenvalue weighted by molar-refractivity contribution is 6.03. The fourth-order valence-electron chi connectivity index (χ4n) is 3.27. The molecular weight excluding hydrogens is 416 g/mol. The van der Waals surface area contributed by atoms with Gasteiger partial charge in [0.2, 0.25) is 0 Å². The van der Waals surface area contributed by atoms with Crippen molar-refractivity contribution in [1.29, 1.82) is 0 Å². The summed E-state index contributed by atoms with van der Waals surface area (Å²) in [7, 11) is 3.34. The Morgan fingerprint density at radius 3 is 2.75 bits per heavy atom. The summed E-state index contributed by atoms with van der Waals surface area (Å²) in [6.45, 7) is 5.70. The molecule has 168 valence electrons. The van der Waals surface area contributed by atoms with Crippen molar-refractivity contribution >= 4 is 17.5 Å². The lowest BCUT2D eigenvalue weighted by Crippen LogP contribution is -2.49. The number of rotatable bonds is 6. The highest BCUT2D eigenvalue weighted by Crippen LogP contribution is 2.29. The number of hydrogen-bond acceptors (Lipinski definition) is 4. The predicted molar refractivity (Wildman–Crippen MR) is 118 cm³/mol. The first-order valence-electron chi connectivity index (χ1n) is 10.00. The molecule has 3 rings (SSSR count). The fraction of sp³-hybridized carbons (Fsp3) is 0.250. The Kier molecular flexibility index (Phi) is 6.92. The number of anilines is 1. The summed E-state index contributed by atoms with van der Waals surface area (Å²) in [5.41, 5.74) is 1.71. The second kappa shape index (κ2) is 9.64. The number of nitrogens with zero attached hydrogens (tertiary/aromatic N) is 2. The SMILES string of the molecule is C=C(/C=C(/C)N(C)Cc1ccc(F)cc1F)C(=O)N[C@H]1COc2ccccc2N(C)C1=O. The van der Waals surface area contributed by atoms with E-state index >= 15 is 0 Å². The maximum atomic E-state index is 13.9. The highest BCUT2D eigenvalue weighted by atomic mass is 19.1. The summed E-state index contributed by atoms with van der Waals surface area (Å²) < 4.78 is 32.7. The van der Waals surface area contributed by atoms with Crippen molar-refractivity contribution in [2.45, 2.75) is 19.5 Å². The van der Waals surface area contributed by atoms with E-state index in [1.165, 1.54) is 23.1 Å². The van der Waals surface area contributed by atoms with Crippen LogP contribution in [0.1, 0.15) is 12.5 Å². The second-order valence-electron chi connectivity index (χ2n) is 7.60. The zero-order valence-corrected chi connectivity index (χ0v) is 18.2. The van der Waals surface area contributed by atoms with E-state index in [2.05, 4.69) is 11.9 Å². The molecular formula is C24H25F2N3O3. The number of halogens is 2. The average molecular weight is 441 g/mol. The van der Waals surface area contributed by atoms with Gasteiger partial charge in [0, 0.05) is 43.5 Å². The van der Waals surface area contributed by atoms with E-state index in [0.29, 0.717) is 22.7 Å². The van der Waals surface area contributed by atoms with Gasteiger partial charge in [0.25, 0.3) is 11.8 Å². The van der Waals surface area contributed by atoms with Gasteiger partial charge in [-0.2, -0.15) is 0 Å². The molecule has 0 fully saturated rings. The first-order valence-corrected chi connectivity index (χ1v) is 10.00. The molecule has 0 saturated heterocycles. The third-order valence-corrected chi connectivity index (χ3v) is 5.27. The fourth-order valence-corrected chi connectivity index (χ4v) is 3.27. The molecule has 32 heavy (non-hydrogen) atoms. The molecule has 0 radical (unpaired) electrons. The van der Waals surface area contributed by atoms with E-state index in [1.54, 1.807) is 50.2 Å².